The SMILES string of the molecule is c1ccc(-c2cccc(-n3c4ccccc4c4ccc5c6ccccc6n(-c6nc(-c7ccccc7)nc(-c7ccc(-c8nc9ccccc9o8)cc7)n6)c5c43)c2)cc1. The second-order valence-electron chi connectivity index (χ2n) is 14.7. The van der Waals surface area contributed by atoms with Crippen molar-refractivity contribution in [3.63, 3.8) is 0 Å². The van der Waals surface area contributed by atoms with Crippen LogP contribution in [0.25, 0.3) is 112 Å². The average molecular weight is 757 g/mol. The molecule has 4 heterocycles. The molecule has 0 aliphatic rings. The molecule has 59 heavy (non-hydrogen) atoms. The monoisotopic (exact) mass is 756 g/mol. The number of hydrogen-bond donors (Lipinski definition) is 0. The molecule has 12 rings (SSSR count). The summed E-state index contributed by atoms with van der Waals surface area (Å²) in [5.41, 5.74) is 11.8. The highest BCUT2D eigenvalue weighted by Gasteiger charge is 2.23. The Labute approximate surface area is 338 Å². The number of fused-ring (bicyclic) bond motifs is 8. The molecule has 0 radical (unpaired) electrons. The van der Waals surface area contributed by atoms with Crippen molar-refractivity contribution < 1.29 is 4.42 Å². The molecular formula is C52H32N6O. The zero-order valence-electron chi connectivity index (χ0n) is 31.6. The highest BCUT2D eigenvalue weighted by molar-refractivity contribution is 6.23. The fraction of sp³-hybridized carbons (Fsp3) is 0. The molecule has 0 spiro atoms. The summed E-state index contributed by atoms with van der Waals surface area (Å²) < 4.78 is 10.7. The maximum Gasteiger partial charge on any atom is 0.238 e. The van der Waals surface area contributed by atoms with Gasteiger partial charge in [0.15, 0.2) is 17.2 Å². The highest BCUT2D eigenvalue weighted by atomic mass is 16.3. The third kappa shape index (κ3) is 5.36. The minimum Gasteiger partial charge on any atom is -0.436 e. The van der Waals surface area contributed by atoms with Crippen LogP contribution in [0.5, 0.6) is 0 Å². The minimum absolute atomic E-state index is 0.533. The fourth-order valence-corrected chi connectivity index (χ4v) is 8.50. The molecule has 0 amide bonds. The molecule has 0 bridgehead atoms. The van der Waals surface area contributed by atoms with Crippen molar-refractivity contribution in [1.82, 2.24) is 29.1 Å². The van der Waals surface area contributed by atoms with Crippen molar-refractivity contribution in [2.24, 2.45) is 0 Å². The highest BCUT2D eigenvalue weighted by Crippen LogP contribution is 2.42. The summed E-state index contributed by atoms with van der Waals surface area (Å²) >= 11 is 0. The van der Waals surface area contributed by atoms with Gasteiger partial charge < -0.3 is 8.98 Å². The van der Waals surface area contributed by atoms with E-state index < -0.39 is 0 Å². The summed E-state index contributed by atoms with van der Waals surface area (Å²) in [6, 6.07) is 67.1. The lowest BCUT2D eigenvalue weighted by Gasteiger charge is -2.14. The largest absolute Gasteiger partial charge is 0.436 e. The van der Waals surface area contributed by atoms with E-state index in [9.17, 15) is 0 Å². The molecule has 0 aliphatic carbocycles. The minimum atomic E-state index is 0.533. The van der Waals surface area contributed by atoms with Gasteiger partial charge in [0.25, 0.3) is 0 Å². The smallest absolute Gasteiger partial charge is 0.238 e. The van der Waals surface area contributed by atoms with Crippen molar-refractivity contribution >= 4 is 54.7 Å². The molecule has 0 fully saturated rings. The first-order chi connectivity index (χ1) is 29.2. The Morgan fingerprint density at radius 2 is 0.898 bits per heavy atom. The van der Waals surface area contributed by atoms with E-state index in [2.05, 4.69) is 124 Å². The van der Waals surface area contributed by atoms with Gasteiger partial charge in [-0.15, -0.1) is 0 Å². The van der Waals surface area contributed by atoms with Gasteiger partial charge in [0.1, 0.15) is 5.52 Å². The van der Waals surface area contributed by atoms with Gasteiger partial charge in [0.05, 0.1) is 22.1 Å². The molecule has 0 saturated heterocycles. The number of rotatable bonds is 6. The van der Waals surface area contributed by atoms with Crippen LogP contribution < -0.4 is 0 Å². The Morgan fingerprint density at radius 3 is 1.59 bits per heavy atom. The van der Waals surface area contributed by atoms with Crippen LogP contribution in [0.2, 0.25) is 0 Å². The van der Waals surface area contributed by atoms with Gasteiger partial charge in [-0.25, -0.2) is 9.97 Å². The summed E-state index contributed by atoms with van der Waals surface area (Å²) in [6.45, 7) is 0. The van der Waals surface area contributed by atoms with Crippen molar-refractivity contribution in [3.8, 4) is 57.0 Å². The fourth-order valence-electron chi connectivity index (χ4n) is 8.50. The Kier molecular flexibility index (Phi) is 7.40. The molecular weight excluding hydrogens is 725 g/mol. The van der Waals surface area contributed by atoms with Gasteiger partial charge in [-0.3, -0.25) is 4.57 Å². The first-order valence-corrected chi connectivity index (χ1v) is 19.6. The predicted molar refractivity (Wildman–Crippen MR) is 238 cm³/mol. The Balaban J connectivity index is 1.13. The van der Waals surface area contributed by atoms with Crippen LogP contribution in [-0.2, 0) is 0 Å². The zero-order chi connectivity index (χ0) is 38.9. The summed E-state index contributed by atoms with van der Waals surface area (Å²) in [4.78, 5) is 20.4. The summed E-state index contributed by atoms with van der Waals surface area (Å²) in [5.74, 6) is 2.25. The van der Waals surface area contributed by atoms with Crippen LogP contribution in [0.4, 0.5) is 0 Å². The molecule has 0 unspecified atom stereocenters. The topological polar surface area (TPSA) is 74.6 Å². The third-order valence-corrected chi connectivity index (χ3v) is 11.2. The van der Waals surface area contributed by atoms with Gasteiger partial charge in [0.2, 0.25) is 11.8 Å². The summed E-state index contributed by atoms with van der Waals surface area (Å²) in [6.07, 6.45) is 0. The summed E-state index contributed by atoms with van der Waals surface area (Å²) in [5, 5.41) is 4.55. The lowest BCUT2D eigenvalue weighted by molar-refractivity contribution is 0.620. The molecule has 7 nitrogen and oxygen atoms in total. The van der Waals surface area contributed by atoms with E-state index in [-0.39, 0.29) is 0 Å². The van der Waals surface area contributed by atoms with Crippen LogP contribution in [0.1, 0.15) is 0 Å². The molecule has 0 atom stereocenters. The van der Waals surface area contributed by atoms with E-state index in [1.165, 1.54) is 10.9 Å². The normalized spacial score (nSPS) is 11.7. The Morgan fingerprint density at radius 1 is 0.356 bits per heavy atom. The van der Waals surface area contributed by atoms with E-state index in [1.807, 2.05) is 78.9 Å². The van der Waals surface area contributed by atoms with Gasteiger partial charge in [-0.1, -0.05) is 146 Å². The van der Waals surface area contributed by atoms with Crippen molar-refractivity contribution in [2.45, 2.75) is 0 Å². The van der Waals surface area contributed by atoms with Crippen LogP contribution in [0.3, 0.4) is 0 Å². The first kappa shape index (κ1) is 33.0. The van der Waals surface area contributed by atoms with Gasteiger partial charge >= 0.3 is 0 Å². The number of nitrogens with zero attached hydrogens (tertiary/aromatic N) is 6. The maximum atomic E-state index is 6.10. The predicted octanol–water partition coefficient (Wildman–Crippen LogP) is 12.9. The van der Waals surface area contributed by atoms with E-state index in [0.29, 0.717) is 23.5 Å². The summed E-state index contributed by atoms with van der Waals surface area (Å²) in [7, 11) is 0. The zero-order valence-corrected chi connectivity index (χ0v) is 31.6. The second kappa shape index (κ2) is 13.2. The van der Waals surface area contributed by atoms with Crippen molar-refractivity contribution in [1.29, 1.82) is 0 Å². The molecule has 0 aliphatic heterocycles. The van der Waals surface area contributed by atoms with E-state index >= 15 is 0 Å². The lowest BCUT2D eigenvalue weighted by Crippen LogP contribution is -2.07. The average Bonchev–Trinajstić information content (AvgIpc) is 4.00. The standard InChI is InChI=1S/C52H32N6O/c1-3-14-33(15-4-1)37-18-13-19-38(32-37)57-44-23-10-7-20-39(44)41-30-31-42-40-21-8-11-24-45(40)58(48(42)47(41)57)52-55-49(34-16-5-2-6-17-34)54-50(56-52)35-26-28-36(29-27-35)51-53-43-22-9-12-25-46(43)59-51/h1-32H. The van der Waals surface area contributed by atoms with Crippen LogP contribution in [0.15, 0.2) is 199 Å². The Bertz CT molecular complexity index is 3510. The van der Waals surface area contributed by atoms with E-state index in [0.717, 1.165) is 77.3 Å². The number of para-hydroxylation sites is 4. The quantitative estimate of drug-likeness (QED) is 0.169. The number of aromatic nitrogens is 6. The van der Waals surface area contributed by atoms with E-state index in [1.54, 1.807) is 0 Å². The van der Waals surface area contributed by atoms with Gasteiger partial charge in [-0.2, -0.15) is 9.97 Å². The molecule has 4 aromatic heterocycles. The van der Waals surface area contributed by atoms with Gasteiger partial charge in [-0.05, 0) is 59.7 Å². The van der Waals surface area contributed by atoms with Crippen molar-refractivity contribution in [2.75, 3.05) is 0 Å². The second-order valence-corrected chi connectivity index (χ2v) is 14.7. The van der Waals surface area contributed by atoms with Crippen LogP contribution in [0, 0.1) is 0 Å². The number of benzene rings is 8. The van der Waals surface area contributed by atoms with Crippen molar-refractivity contribution in [3.05, 3.63) is 194 Å². The van der Waals surface area contributed by atoms with Crippen LogP contribution in [-0.4, -0.2) is 29.1 Å². The first-order valence-electron chi connectivity index (χ1n) is 19.6. The molecule has 8 aromatic carbocycles. The molecule has 7 heteroatoms. The lowest BCUT2D eigenvalue weighted by atomic mass is 10.1. The molecule has 0 N–H and O–H groups in total. The van der Waals surface area contributed by atoms with Crippen LogP contribution >= 0.6 is 0 Å². The Hall–Kier alpha value is -8.16. The maximum absolute atomic E-state index is 6.10. The molecule has 276 valence electrons. The molecule has 0 saturated carbocycles. The third-order valence-electron chi connectivity index (χ3n) is 11.2. The molecule has 12 aromatic rings. The van der Waals surface area contributed by atoms with E-state index in [4.69, 9.17) is 24.4 Å². The number of oxazole rings is 1. The van der Waals surface area contributed by atoms with Gasteiger partial charge in [0, 0.05) is 43.9 Å². The number of hydrogen-bond acceptors (Lipinski definition) is 5.